The summed E-state index contributed by atoms with van der Waals surface area (Å²) in [5, 5.41) is 3.27. The lowest BCUT2D eigenvalue weighted by atomic mass is 9.98. The van der Waals surface area contributed by atoms with Crippen molar-refractivity contribution in [2.45, 2.75) is 26.7 Å². The van der Waals surface area contributed by atoms with E-state index < -0.39 is 0 Å². The lowest BCUT2D eigenvalue weighted by Gasteiger charge is -2.27. The van der Waals surface area contributed by atoms with E-state index in [2.05, 4.69) is 5.32 Å². The van der Waals surface area contributed by atoms with Gasteiger partial charge in [-0.15, -0.1) is 12.4 Å². The Kier molecular flexibility index (Phi) is 6.93. The van der Waals surface area contributed by atoms with E-state index in [0.717, 1.165) is 39.0 Å². The number of hydrogen-bond acceptors (Lipinski definition) is 2. The van der Waals surface area contributed by atoms with Crippen molar-refractivity contribution in [3.63, 3.8) is 0 Å². The second kappa shape index (κ2) is 7.07. The monoisotopic (exact) mass is 220 g/mol. The molecule has 0 aromatic rings. The fourth-order valence-corrected chi connectivity index (χ4v) is 1.86. The van der Waals surface area contributed by atoms with Gasteiger partial charge in [-0.3, -0.25) is 4.79 Å². The van der Waals surface area contributed by atoms with Crippen molar-refractivity contribution in [1.82, 2.24) is 10.2 Å². The van der Waals surface area contributed by atoms with Crippen LogP contribution in [-0.2, 0) is 4.79 Å². The highest BCUT2D eigenvalue weighted by molar-refractivity contribution is 5.85. The summed E-state index contributed by atoms with van der Waals surface area (Å²) in [7, 11) is 0. The Labute approximate surface area is 92.6 Å². The normalized spacial score (nSPS) is 21.1. The summed E-state index contributed by atoms with van der Waals surface area (Å²) in [6.45, 7) is 7.70. The fraction of sp³-hybridized carbons (Fsp3) is 0.900. The molecule has 1 aliphatic heterocycles. The zero-order valence-corrected chi connectivity index (χ0v) is 9.90. The van der Waals surface area contributed by atoms with Crippen LogP contribution in [0.2, 0.25) is 0 Å². The summed E-state index contributed by atoms with van der Waals surface area (Å²) in [6.07, 6.45) is 2.19. The fourth-order valence-electron chi connectivity index (χ4n) is 1.86. The van der Waals surface area contributed by atoms with Gasteiger partial charge in [0, 0.05) is 19.6 Å². The Balaban J connectivity index is 0.00000169. The van der Waals surface area contributed by atoms with E-state index in [1.807, 2.05) is 18.7 Å². The van der Waals surface area contributed by atoms with Crippen LogP contribution in [0.25, 0.3) is 0 Å². The zero-order chi connectivity index (χ0) is 9.68. The van der Waals surface area contributed by atoms with Crippen LogP contribution in [0, 0.1) is 5.92 Å². The van der Waals surface area contributed by atoms with E-state index in [1.54, 1.807) is 0 Å². The number of nitrogens with zero attached hydrogens (tertiary/aromatic N) is 1. The van der Waals surface area contributed by atoms with Gasteiger partial charge in [-0.05, 0) is 33.2 Å². The molecular formula is C10H21ClN2O. The van der Waals surface area contributed by atoms with Gasteiger partial charge >= 0.3 is 0 Å². The molecular weight excluding hydrogens is 200 g/mol. The molecule has 1 rings (SSSR count). The molecule has 3 nitrogen and oxygen atoms in total. The summed E-state index contributed by atoms with van der Waals surface area (Å²) in [5.41, 5.74) is 0. The number of halogens is 1. The first-order valence-corrected chi connectivity index (χ1v) is 5.29. The number of carbonyl (C=O) groups excluding carboxylic acids is 1. The van der Waals surface area contributed by atoms with Crippen LogP contribution in [0.3, 0.4) is 0 Å². The first-order chi connectivity index (χ1) is 6.29. The summed E-state index contributed by atoms with van der Waals surface area (Å²) in [6, 6.07) is 0. The minimum atomic E-state index is 0. The second-order valence-corrected chi connectivity index (χ2v) is 3.55. The first-order valence-electron chi connectivity index (χ1n) is 5.29. The van der Waals surface area contributed by atoms with Crippen LogP contribution in [0.4, 0.5) is 0 Å². The Hall–Kier alpha value is -0.280. The predicted molar refractivity (Wildman–Crippen MR) is 60.8 cm³/mol. The van der Waals surface area contributed by atoms with Crippen molar-refractivity contribution in [2.24, 2.45) is 5.92 Å². The number of hydrogen-bond donors (Lipinski definition) is 1. The van der Waals surface area contributed by atoms with Crippen molar-refractivity contribution in [3.8, 4) is 0 Å². The van der Waals surface area contributed by atoms with Gasteiger partial charge in [0.05, 0.1) is 5.92 Å². The number of rotatable bonds is 3. The quantitative estimate of drug-likeness (QED) is 0.777. The smallest absolute Gasteiger partial charge is 0.226 e. The molecule has 0 aromatic heterocycles. The number of piperidine rings is 1. The Morgan fingerprint density at radius 3 is 2.50 bits per heavy atom. The molecule has 0 saturated carbocycles. The van der Waals surface area contributed by atoms with E-state index in [1.165, 1.54) is 0 Å². The highest BCUT2D eigenvalue weighted by Crippen LogP contribution is 2.12. The molecule has 0 aromatic carbocycles. The van der Waals surface area contributed by atoms with Gasteiger partial charge in [-0.2, -0.15) is 0 Å². The molecule has 1 saturated heterocycles. The highest BCUT2D eigenvalue weighted by atomic mass is 35.5. The van der Waals surface area contributed by atoms with Crippen LogP contribution in [0.5, 0.6) is 0 Å². The highest BCUT2D eigenvalue weighted by Gasteiger charge is 2.23. The molecule has 14 heavy (non-hydrogen) atoms. The van der Waals surface area contributed by atoms with E-state index in [9.17, 15) is 4.79 Å². The third-order valence-corrected chi connectivity index (χ3v) is 2.72. The van der Waals surface area contributed by atoms with E-state index in [4.69, 9.17) is 0 Å². The molecule has 4 heteroatoms. The Morgan fingerprint density at radius 1 is 1.43 bits per heavy atom. The molecule has 1 amide bonds. The maximum atomic E-state index is 11.8. The van der Waals surface area contributed by atoms with Crippen molar-refractivity contribution < 1.29 is 4.79 Å². The van der Waals surface area contributed by atoms with Gasteiger partial charge in [0.2, 0.25) is 5.91 Å². The van der Waals surface area contributed by atoms with Crippen LogP contribution in [0.1, 0.15) is 26.7 Å². The summed E-state index contributed by atoms with van der Waals surface area (Å²) in [5.74, 6) is 0.561. The topological polar surface area (TPSA) is 32.3 Å². The molecule has 0 aliphatic carbocycles. The molecule has 1 unspecified atom stereocenters. The van der Waals surface area contributed by atoms with Gasteiger partial charge in [0.25, 0.3) is 0 Å². The van der Waals surface area contributed by atoms with E-state index in [0.29, 0.717) is 5.91 Å². The zero-order valence-electron chi connectivity index (χ0n) is 9.08. The molecule has 1 N–H and O–H groups in total. The van der Waals surface area contributed by atoms with Crippen molar-refractivity contribution in [1.29, 1.82) is 0 Å². The summed E-state index contributed by atoms with van der Waals surface area (Å²) in [4.78, 5) is 13.8. The predicted octanol–water partition coefficient (Wildman–Crippen LogP) is 1.28. The molecule has 1 aliphatic rings. The SMILES string of the molecule is CCN(CC)C(=O)C1CCCNC1.Cl. The maximum Gasteiger partial charge on any atom is 0.226 e. The number of amides is 1. The third kappa shape index (κ3) is 3.46. The van der Waals surface area contributed by atoms with Gasteiger partial charge < -0.3 is 10.2 Å². The molecule has 1 heterocycles. The van der Waals surface area contributed by atoms with Crippen LogP contribution in [0.15, 0.2) is 0 Å². The number of carbonyl (C=O) groups is 1. The Morgan fingerprint density at radius 2 is 2.07 bits per heavy atom. The van der Waals surface area contributed by atoms with Crippen LogP contribution >= 0.6 is 12.4 Å². The summed E-state index contributed by atoms with van der Waals surface area (Å²) >= 11 is 0. The molecule has 84 valence electrons. The maximum absolute atomic E-state index is 11.8. The largest absolute Gasteiger partial charge is 0.343 e. The molecule has 0 radical (unpaired) electrons. The van der Waals surface area contributed by atoms with Crippen molar-refractivity contribution >= 4 is 18.3 Å². The van der Waals surface area contributed by atoms with Gasteiger partial charge in [0.1, 0.15) is 0 Å². The minimum absolute atomic E-state index is 0. The average molecular weight is 221 g/mol. The van der Waals surface area contributed by atoms with Crippen LogP contribution in [-0.4, -0.2) is 37.0 Å². The minimum Gasteiger partial charge on any atom is -0.343 e. The van der Waals surface area contributed by atoms with Gasteiger partial charge in [-0.25, -0.2) is 0 Å². The Bertz CT molecular complexity index is 166. The lowest BCUT2D eigenvalue weighted by molar-refractivity contribution is -0.135. The standard InChI is InChI=1S/C10H20N2O.ClH/c1-3-12(4-2)10(13)9-6-5-7-11-8-9;/h9,11H,3-8H2,1-2H3;1H. The van der Waals surface area contributed by atoms with Crippen LogP contribution < -0.4 is 5.32 Å². The summed E-state index contributed by atoms with van der Waals surface area (Å²) < 4.78 is 0. The van der Waals surface area contributed by atoms with Gasteiger partial charge in [-0.1, -0.05) is 0 Å². The van der Waals surface area contributed by atoms with E-state index >= 15 is 0 Å². The molecule has 0 bridgehead atoms. The first kappa shape index (κ1) is 13.7. The molecule has 1 fully saturated rings. The van der Waals surface area contributed by atoms with Gasteiger partial charge in [0.15, 0.2) is 0 Å². The van der Waals surface area contributed by atoms with Crippen molar-refractivity contribution in [2.75, 3.05) is 26.2 Å². The molecule has 1 atom stereocenters. The average Bonchev–Trinajstić information content (AvgIpc) is 2.21. The van der Waals surface area contributed by atoms with E-state index in [-0.39, 0.29) is 18.3 Å². The number of nitrogens with one attached hydrogen (secondary N) is 1. The van der Waals surface area contributed by atoms with Crippen molar-refractivity contribution in [3.05, 3.63) is 0 Å². The third-order valence-electron chi connectivity index (χ3n) is 2.72. The molecule has 0 spiro atoms. The second-order valence-electron chi connectivity index (χ2n) is 3.55. The lowest BCUT2D eigenvalue weighted by Crippen LogP contribution is -2.42.